The Kier molecular flexibility index (Phi) is 5.40. The zero-order chi connectivity index (χ0) is 14.4. The summed E-state index contributed by atoms with van der Waals surface area (Å²) in [5, 5.41) is 0. The van der Waals surface area contributed by atoms with Crippen LogP contribution in [-0.2, 0) is 22.6 Å². The SMILES string of the molecule is COC(=O)Cc1ccc(OCc2cccc(I)c2)cc1. The highest BCUT2D eigenvalue weighted by molar-refractivity contribution is 14.1. The van der Waals surface area contributed by atoms with Crippen LogP contribution >= 0.6 is 22.6 Å². The highest BCUT2D eigenvalue weighted by atomic mass is 127. The summed E-state index contributed by atoms with van der Waals surface area (Å²) in [7, 11) is 1.39. The van der Waals surface area contributed by atoms with E-state index in [1.165, 1.54) is 10.7 Å². The van der Waals surface area contributed by atoms with Crippen molar-refractivity contribution in [2.45, 2.75) is 13.0 Å². The van der Waals surface area contributed by atoms with E-state index in [0.717, 1.165) is 16.9 Å². The molecule has 0 bridgehead atoms. The van der Waals surface area contributed by atoms with E-state index in [1.54, 1.807) is 0 Å². The van der Waals surface area contributed by atoms with Crippen LogP contribution in [0.25, 0.3) is 0 Å². The summed E-state index contributed by atoms with van der Waals surface area (Å²) in [5.41, 5.74) is 2.05. The van der Waals surface area contributed by atoms with Crippen molar-refractivity contribution in [1.29, 1.82) is 0 Å². The van der Waals surface area contributed by atoms with Gasteiger partial charge in [-0.05, 0) is 58.0 Å². The molecule has 0 saturated heterocycles. The average Bonchev–Trinajstić information content (AvgIpc) is 2.46. The lowest BCUT2D eigenvalue weighted by atomic mass is 10.1. The van der Waals surface area contributed by atoms with Gasteiger partial charge in [0.15, 0.2) is 0 Å². The Hall–Kier alpha value is -1.56. The molecule has 0 atom stereocenters. The number of ether oxygens (including phenoxy) is 2. The molecule has 0 heterocycles. The van der Waals surface area contributed by atoms with Crippen LogP contribution in [-0.4, -0.2) is 13.1 Å². The normalized spacial score (nSPS) is 10.1. The van der Waals surface area contributed by atoms with Crippen LogP contribution in [0.2, 0.25) is 0 Å². The van der Waals surface area contributed by atoms with Gasteiger partial charge in [0.1, 0.15) is 12.4 Å². The van der Waals surface area contributed by atoms with E-state index in [2.05, 4.69) is 33.4 Å². The molecule has 0 N–H and O–H groups in total. The van der Waals surface area contributed by atoms with Gasteiger partial charge >= 0.3 is 5.97 Å². The fourth-order valence-electron chi connectivity index (χ4n) is 1.74. The molecule has 4 heteroatoms. The first kappa shape index (κ1) is 14.8. The van der Waals surface area contributed by atoms with Gasteiger partial charge in [-0.2, -0.15) is 0 Å². The second-order valence-corrected chi connectivity index (χ2v) is 5.56. The van der Waals surface area contributed by atoms with E-state index in [1.807, 2.05) is 42.5 Å². The van der Waals surface area contributed by atoms with Gasteiger partial charge in [0.25, 0.3) is 0 Å². The lowest BCUT2D eigenvalue weighted by molar-refractivity contribution is -0.139. The Bertz CT molecular complexity index is 579. The van der Waals surface area contributed by atoms with Crippen LogP contribution < -0.4 is 4.74 Å². The average molecular weight is 382 g/mol. The van der Waals surface area contributed by atoms with Gasteiger partial charge in [-0.3, -0.25) is 4.79 Å². The molecule has 20 heavy (non-hydrogen) atoms. The number of rotatable bonds is 5. The third-order valence-corrected chi connectivity index (χ3v) is 3.47. The molecule has 0 fully saturated rings. The molecule has 2 aromatic rings. The first-order valence-electron chi connectivity index (χ1n) is 6.20. The van der Waals surface area contributed by atoms with Crippen LogP contribution in [0, 0.1) is 3.57 Å². The first-order valence-corrected chi connectivity index (χ1v) is 7.28. The smallest absolute Gasteiger partial charge is 0.309 e. The van der Waals surface area contributed by atoms with Gasteiger partial charge in [-0.25, -0.2) is 0 Å². The number of halogens is 1. The number of methoxy groups -OCH3 is 1. The molecular weight excluding hydrogens is 367 g/mol. The minimum Gasteiger partial charge on any atom is -0.489 e. The van der Waals surface area contributed by atoms with Crippen molar-refractivity contribution in [2.24, 2.45) is 0 Å². The van der Waals surface area contributed by atoms with Crippen molar-refractivity contribution in [1.82, 2.24) is 0 Å². The number of carbonyl (C=O) groups is 1. The minimum atomic E-state index is -0.238. The van der Waals surface area contributed by atoms with Crippen molar-refractivity contribution in [2.75, 3.05) is 7.11 Å². The summed E-state index contributed by atoms with van der Waals surface area (Å²) in [6.07, 6.45) is 0.285. The molecule has 0 aromatic heterocycles. The molecular formula is C16H15IO3. The molecule has 0 aliphatic carbocycles. The van der Waals surface area contributed by atoms with Gasteiger partial charge in [0, 0.05) is 3.57 Å². The lowest BCUT2D eigenvalue weighted by Crippen LogP contribution is -2.04. The molecule has 104 valence electrons. The lowest BCUT2D eigenvalue weighted by Gasteiger charge is -2.07. The number of hydrogen-bond acceptors (Lipinski definition) is 3. The summed E-state index contributed by atoms with van der Waals surface area (Å²) in [6.45, 7) is 0.535. The van der Waals surface area contributed by atoms with Crippen LogP contribution in [0.3, 0.4) is 0 Å². The molecule has 0 aliphatic rings. The van der Waals surface area contributed by atoms with Gasteiger partial charge in [-0.15, -0.1) is 0 Å². The molecule has 3 nitrogen and oxygen atoms in total. The zero-order valence-corrected chi connectivity index (χ0v) is 13.3. The summed E-state index contributed by atoms with van der Waals surface area (Å²) < 4.78 is 11.5. The standard InChI is InChI=1S/C16H15IO3/c1-19-16(18)10-12-5-7-15(8-6-12)20-11-13-3-2-4-14(17)9-13/h2-9H,10-11H2,1H3. The highest BCUT2D eigenvalue weighted by Crippen LogP contribution is 2.15. The van der Waals surface area contributed by atoms with Crippen molar-refractivity contribution in [3.63, 3.8) is 0 Å². The molecule has 2 rings (SSSR count). The van der Waals surface area contributed by atoms with Gasteiger partial charge in [0.2, 0.25) is 0 Å². The second kappa shape index (κ2) is 7.28. The van der Waals surface area contributed by atoms with Gasteiger partial charge in [0.05, 0.1) is 13.5 Å². The van der Waals surface area contributed by atoms with E-state index >= 15 is 0 Å². The van der Waals surface area contributed by atoms with E-state index in [-0.39, 0.29) is 12.4 Å². The van der Waals surface area contributed by atoms with Crippen LogP contribution in [0.15, 0.2) is 48.5 Å². The van der Waals surface area contributed by atoms with Crippen molar-refractivity contribution >= 4 is 28.6 Å². The number of hydrogen-bond donors (Lipinski definition) is 0. The molecule has 0 radical (unpaired) electrons. The van der Waals surface area contributed by atoms with E-state index in [0.29, 0.717) is 6.61 Å². The Morgan fingerprint density at radius 2 is 1.85 bits per heavy atom. The van der Waals surface area contributed by atoms with E-state index < -0.39 is 0 Å². The van der Waals surface area contributed by atoms with Gasteiger partial charge in [-0.1, -0.05) is 24.3 Å². The number of carbonyl (C=O) groups excluding carboxylic acids is 1. The maximum Gasteiger partial charge on any atom is 0.309 e. The van der Waals surface area contributed by atoms with E-state index in [9.17, 15) is 4.79 Å². The van der Waals surface area contributed by atoms with Gasteiger partial charge < -0.3 is 9.47 Å². The predicted molar refractivity (Wildman–Crippen MR) is 85.7 cm³/mol. The van der Waals surface area contributed by atoms with Crippen molar-refractivity contribution in [3.05, 3.63) is 63.2 Å². The largest absolute Gasteiger partial charge is 0.489 e. The maximum atomic E-state index is 11.2. The molecule has 0 spiro atoms. The predicted octanol–water partition coefficient (Wildman–Crippen LogP) is 3.59. The summed E-state index contributed by atoms with van der Waals surface area (Å²) in [4.78, 5) is 11.2. The molecule has 0 unspecified atom stereocenters. The summed E-state index contributed by atoms with van der Waals surface area (Å²) in [6, 6.07) is 15.7. The highest BCUT2D eigenvalue weighted by Gasteiger charge is 2.03. The number of esters is 1. The van der Waals surface area contributed by atoms with Crippen LogP contribution in [0.4, 0.5) is 0 Å². The fourth-order valence-corrected chi connectivity index (χ4v) is 2.34. The first-order chi connectivity index (χ1) is 9.67. The Labute approximate surface area is 132 Å². The molecule has 0 saturated carbocycles. The Morgan fingerprint density at radius 3 is 2.50 bits per heavy atom. The van der Waals surface area contributed by atoms with E-state index in [4.69, 9.17) is 4.74 Å². The van der Waals surface area contributed by atoms with Crippen molar-refractivity contribution in [3.8, 4) is 5.75 Å². The summed E-state index contributed by atoms with van der Waals surface area (Å²) in [5.74, 6) is 0.551. The molecule has 2 aromatic carbocycles. The Morgan fingerprint density at radius 1 is 1.10 bits per heavy atom. The third kappa shape index (κ3) is 4.52. The number of benzene rings is 2. The van der Waals surface area contributed by atoms with Crippen LogP contribution in [0.1, 0.15) is 11.1 Å². The van der Waals surface area contributed by atoms with Crippen molar-refractivity contribution < 1.29 is 14.3 Å². The molecule has 0 amide bonds. The Balaban J connectivity index is 1.92. The summed E-state index contributed by atoms with van der Waals surface area (Å²) >= 11 is 2.28. The third-order valence-electron chi connectivity index (χ3n) is 2.79. The fraction of sp³-hybridized carbons (Fsp3) is 0.188. The minimum absolute atomic E-state index is 0.238. The van der Waals surface area contributed by atoms with Crippen LogP contribution in [0.5, 0.6) is 5.75 Å². The topological polar surface area (TPSA) is 35.5 Å². The second-order valence-electron chi connectivity index (χ2n) is 4.32. The maximum absolute atomic E-state index is 11.2. The molecule has 0 aliphatic heterocycles. The monoisotopic (exact) mass is 382 g/mol. The quantitative estimate of drug-likeness (QED) is 0.586. The zero-order valence-electron chi connectivity index (χ0n) is 11.1.